The molecular weight excluding hydrogens is 272 g/mol. The molecule has 0 radical (unpaired) electrons. The first-order chi connectivity index (χ1) is 8.99. The first-order valence-electron chi connectivity index (χ1n) is 5.45. The van der Waals surface area contributed by atoms with Crippen LogP contribution in [0.2, 0.25) is 0 Å². The quantitative estimate of drug-likeness (QED) is 0.910. The molecule has 1 heterocycles. The van der Waals surface area contributed by atoms with E-state index in [0.717, 1.165) is 12.1 Å². The van der Waals surface area contributed by atoms with Gasteiger partial charge < -0.3 is 11.1 Å². The second-order valence-electron chi connectivity index (χ2n) is 3.91. The van der Waals surface area contributed by atoms with Crippen LogP contribution in [0.4, 0.5) is 14.5 Å². The van der Waals surface area contributed by atoms with E-state index in [-0.39, 0.29) is 11.7 Å². The third-order valence-corrected chi connectivity index (χ3v) is 3.39. The van der Waals surface area contributed by atoms with Crippen molar-refractivity contribution in [1.82, 2.24) is 4.98 Å². The zero-order chi connectivity index (χ0) is 14.0. The van der Waals surface area contributed by atoms with E-state index in [0.29, 0.717) is 5.01 Å². The topological polar surface area (TPSA) is 68.0 Å². The van der Waals surface area contributed by atoms with E-state index in [4.69, 9.17) is 5.73 Å². The molecule has 1 amide bonds. The molecule has 3 N–H and O–H groups in total. The number of nitrogens with two attached hydrogens (primary N) is 1. The number of nitrogens with one attached hydrogen (secondary N) is 1. The van der Waals surface area contributed by atoms with E-state index in [1.165, 1.54) is 22.8 Å². The number of carbonyl (C=O) groups excluding carboxylic acids is 1. The smallest absolute Gasteiger partial charge is 0.275 e. The highest BCUT2D eigenvalue weighted by atomic mass is 32.1. The Balaban J connectivity index is 2.21. The van der Waals surface area contributed by atoms with Crippen molar-refractivity contribution in [3.8, 4) is 0 Å². The van der Waals surface area contributed by atoms with Gasteiger partial charge in [0.25, 0.3) is 5.91 Å². The maximum absolute atomic E-state index is 13.4. The number of hydrogen-bond donors (Lipinski definition) is 2. The van der Waals surface area contributed by atoms with Crippen LogP contribution >= 0.6 is 11.3 Å². The molecule has 0 aliphatic heterocycles. The van der Waals surface area contributed by atoms with Crippen LogP contribution < -0.4 is 11.1 Å². The number of amides is 1. The summed E-state index contributed by atoms with van der Waals surface area (Å²) in [6.45, 7) is 1.73. The maximum atomic E-state index is 13.4. The lowest BCUT2D eigenvalue weighted by molar-refractivity contribution is 0.102. The number of nitrogens with zero attached hydrogens (tertiary/aromatic N) is 1. The van der Waals surface area contributed by atoms with Crippen LogP contribution in [0.3, 0.4) is 0 Å². The Morgan fingerprint density at radius 1 is 1.42 bits per heavy atom. The van der Waals surface area contributed by atoms with Crippen molar-refractivity contribution in [2.75, 3.05) is 5.32 Å². The molecule has 100 valence electrons. The molecule has 2 aromatic rings. The third-order valence-electron chi connectivity index (χ3n) is 2.35. The van der Waals surface area contributed by atoms with Gasteiger partial charge in [-0.25, -0.2) is 13.8 Å². The minimum absolute atomic E-state index is 0.0833. The number of halogens is 2. The van der Waals surface area contributed by atoms with Crippen molar-refractivity contribution in [3.05, 3.63) is 45.9 Å². The Hall–Kier alpha value is -1.86. The molecule has 19 heavy (non-hydrogen) atoms. The summed E-state index contributed by atoms with van der Waals surface area (Å²) >= 11 is 1.22. The Morgan fingerprint density at radius 2 is 2.05 bits per heavy atom. The molecule has 0 spiro atoms. The molecule has 1 aromatic carbocycles. The van der Waals surface area contributed by atoms with Gasteiger partial charge in [0.2, 0.25) is 0 Å². The van der Waals surface area contributed by atoms with Crippen molar-refractivity contribution >= 4 is 22.9 Å². The van der Waals surface area contributed by atoms with Gasteiger partial charge in [-0.3, -0.25) is 4.79 Å². The monoisotopic (exact) mass is 283 g/mol. The van der Waals surface area contributed by atoms with Crippen molar-refractivity contribution in [2.45, 2.75) is 13.0 Å². The number of anilines is 1. The molecule has 0 aliphatic carbocycles. The molecule has 0 saturated carbocycles. The molecule has 0 fully saturated rings. The fourth-order valence-electron chi connectivity index (χ4n) is 1.40. The van der Waals surface area contributed by atoms with E-state index < -0.39 is 23.2 Å². The zero-order valence-electron chi connectivity index (χ0n) is 9.98. The molecule has 4 nitrogen and oxygen atoms in total. The predicted molar refractivity (Wildman–Crippen MR) is 69.0 cm³/mol. The van der Waals surface area contributed by atoms with E-state index in [1.807, 2.05) is 0 Å². The lowest BCUT2D eigenvalue weighted by Gasteiger charge is -2.05. The average molecular weight is 283 g/mol. The number of hydrogen-bond acceptors (Lipinski definition) is 4. The van der Waals surface area contributed by atoms with Gasteiger partial charge in [-0.05, 0) is 19.1 Å². The van der Waals surface area contributed by atoms with Crippen LogP contribution in [0, 0.1) is 11.6 Å². The second-order valence-corrected chi connectivity index (χ2v) is 4.80. The van der Waals surface area contributed by atoms with Gasteiger partial charge in [0.05, 0.1) is 6.04 Å². The largest absolute Gasteiger partial charge is 0.322 e. The summed E-state index contributed by atoms with van der Waals surface area (Å²) in [5.74, 6) is -2.35. The first-order valence-corrected chi connectivity index (χ1v) is 6.33. The molecule has 1 atom stereocenters. The highest BCUT2D eigenvalue weighted by Gasteiger charge is 2.16. The average Bonchev–Trinajstić information content (AvgIpc) is 2.83. The summed E-state index contributed by atoms with van der Waals surface area (Å²) in [7, 11) is 0. The molecule has 1 aromatic heterocycles. The molecule has 2 rings (SSSR count). The third kappa shape index (κ3) is 2.94. The van der Waals surface area contributed by atoms with E-state index >= 15 is 0 Å². The lowest BCUT2D eigenvalue weighted by Crippen LogP contribution is -2.15. The van der Waals surface area contributed by atoms with Gasteiger partial charge in [-0.15, -0.1) is 11.3 Å². The first kappa shape index (κ1) is 13.6. The van der Waals surface area contributed by atoms with Gasteiger partial charge in [0.1, 0.15) is 28.0 Å². The molecule has 1 unspecified atom stereocenters. The number of aromatic nitrogens is 1. The summed E-state index contributed by atoms with van der Waals surface area (Å²) in [6, 6.07) is 3.05. The van der Waals surface area contributed by atoms with Crippen LogP contribution in [0.25, 0.3) is 0 Å². The summed E-state index contributed by atoms with van der Waals surface area (Å²) < 4.78 is 26.7. The minimum Gasteiger partial charge on any atom is -0.322 e. The highest BCUT2D eigenvalue weighted by molar-refractivity contribution is 7.09. The van der Waals surface area contributed by atoms with Gasteiger partial charge >= 0.3 is 0 Å². The summed E-state index contributed by atoms with van der Waals surface area (Å²) in [5, 5.41) is 4.24. The summed E-state index contributed by atoms with van der Waals surface area (Å²) in [6.07, 6.45) is 0. The summed E-state index contributed by atoms with van der Waals surface area (Å²) in [4.78, 5) is 15.8. The molecule has 0 bridgehead atoms. The Labute approximate surface area is 112 Å². The fourth-order valence-corrected chi connectivity index (χ4v) is 2.15. The zero-order valence-corrected chi connectivity index (χ0v) is 10.8. The van der Waals surface area contributed by atoms with Crippen LogP contribution in [0.15, 0.2) is 23.6 Å². The van der Waals surface area contributed by atoms with Gasteiger partial charge in [0.15, 0.2) is 0 Å². The highest BCUT2D eigenvalue weighted by Crippen LogP contribution is 2.20. The molecular formula is C12H11F2N3OS. The number of benzene rings is 1. The predicted octanol–water partition coefficient (Wildman–Crippen LogP) is 2.69. The van der Waals surface area contributed by atoms with Crippen molar-refractivity contribution in [2.24, 2.45) is 5.73 Å². The Kier molecular flexibility index (Phi) is 3.87. The summed E-state index contributed by atoms with van der Waals surface area (Å²) in [5.41, 5.74) is 5.22. The van der Waals surface area contributed by atoms with Crippen LogP contribution in [-0.2, 0) is 0 Å². The Bertz CT molecular complexity index is 593. The molecule has 0 saturated heterocycles. The number of thiazole rings is 1. The van der Waals surface area contributed by atoms with Crippen LogP contribution in [0.1, 0.15) is 28.5 Å². The van der Waals surface area contributed by atoms with Gasteiger partial charge in [-0.2, -0.15) is 0 Å². The minimum atomic E-state index is -0.837. The van der Waals surface area contributed by atoms with E-state index in [1.54, 1.807) is 6.92 Å². The van der Waals surface area contributed by atoms with Gasteiger partial charge in [0, 0.05) is 5.38 Å². The van der Waals surface area contributed by atoms with E-state index in [2.05, 4.69) is 10.3 Å². The Morgan fingerprint density at radius 3 is 2.58 bits per heavy atom. The molecule has 7 heteroatoms. The number of para-hydroxylation sites is 1. The lowest BCUT2D eigenvalue weighted by atomic mass is 10.3. The second kappa shape index (κ2) is 5.41. The number of rotatable bonds is 3. The maximum Gasteiger partial charge on any atom is 0.275 e. The fraction of sp³-hybridized carbons (Fsp3) is 0.167. The van der Waals surface area contributed by atoms with Crippen LogP contribution in [-0.4, -0.2) is 10.9 Å². The number of carbonyl (C=O) groups is 1. The van der Waals surface area contributed by atoms with Crippen molar-refractivity contribution < 1.29 is 13.6 Å². The SMILES string of the molecule is CC(N)c1nc(C(=O)Nc2c(F)cccc2F)cs1. The standard InChI is InChI=1S/C12H11F2N3OS/c1-6(15)12-16-9(5-19-12)11(18)17-10-7(13)3-2-4-8(10)14/h2-6H,15H2,1H3,(H,17,18). The normalized spacial score (nSPS) is 12.2. The van der Waals surface area contributed by atoms with Crippen LogP contribution in [0.5, 0.6) is 0 Å². The van der Waals surface area contributed by atoms with E-state index in [9.17, 15) is 13.6 Å². The van der Waals surface area contributed by atoms with Gasteiger partial charge in [-0.1, -0.05) is 6.07 Å². The molecule has 0 aliphatic rings. The van der Waals surface area contributed by atoms with Crippen molar-refractivity contribution in [1.29, 1.82) is 0 Å². The van der Waals surface area contributed by atoms with Crippen molar-refractivity contribution in [3.63, 3.8) is 0 Å².